The highest BCUT2D eigenvalue weighted by molar-refractivity contribution is 6.33. The summed E-state index contributed by atoms with van der Waals surface area (Å²) in [5.41, 5.74) is 10.1. The minimum absolute atomic E-state index is 0.315. The van der Waals surface area contributed by atoms with Crippen molar-refractivity contribution in [3.8, 4) is 0 Å². The van der Waals surface area contributed by atoms with Gasteiger partial charge in [0.05, 0.1) is 11.7 Å². The van der Waals surface area contributed by atoms with Gasteiger partial charge in [-0.15, -0.1) is 0 Å². The van der Waals surface area contributed by atoms with Gasteiger partial charge >= 0.3 is 0 Å². The fraction of sp³-hybridized carbons (Fsp3) is 0.308. The SMILES string of the molecule is Cc1nn(C)c(C)c1C(N)c1cc(Cl)ccc1Cl. The fourth-order valence-corrected chi connectivity index (χ4v) is 2.56. The van der Waals surface area contributed by atoms with Gasteiger partial charge in [0.15, 0.2) is 0 Å². The Bertz CT molecular complexity index is 590. The number of halogens is 2. The summed E-state index contributed by atoms with van der Waals surface area (Å²) in [5.74, 6) is 0. The standard InChI is InChI=1S/C13H15Cl2N3/c1-7-12(8(2)18(3)17-7)13(16)10-6-9(14)4-5-11(10)15/h4-6,13H,16H2,1-3H3. The van der Waals surface area contributed by atoms with Crippen LogP contribution in [0.15, 0.2) is 18.2 Å². The van der Waals surface area contributed by atoms with Crippen molar-refractivity contribution in [2.24, 2.45) is 12.8 Å². The van der Waals surface area contributed by atoms with E-state index in [0.717, 1.165) is 22.5 Å². The highest BCUT2D eigenvalue weighted by Crippen LogP contribution is 2.31. The Balaban J connectivity index is 2.54. The number of aryl methyl sites for hydroxylation is 2. The van der Waals surface area contributed by atoms with Crippen LogP contribution in [0.3, 0.4) is 0 Å². The third kappa shape index (κ3) is 2.26. The van der Waals surface area contributed by atoms with E-state index in [4.69, 9.17) is 28.9 Å². The molecule has 2 rings (SSSR count). The van der Waals surface area contributed by atoms with E-state index in [0.29, 0.717) is 10.0 Å². The summed E-state index contributed by atoms with van der Waals surface area (Å²) < 4.78 is 1.82. The molecule has 2 aromatic rings. The molecule has 0 saturated carbocycles. The normalized spacial score (nSPS) is 12.8. The van der Waals surface area contributed by atoms with Crippen LogP contribution in [0, 0.1) is 13.8 Å². The lowest BCUT2D eigenvalue weighted by Gasteiger charge is -2.15. The Morgan fingerprint density at radius 2 is 1.94 bits per heavy atom. The Labute approximate surface area is 117 Å². The average Bonchev–Trinajstić information content (AvgIpc) is 2.56. The zero-order chi connectivity index (χ0) is 13.4. The van der Waals surface area contributed by atoms with Crippen LogP contribution >= 0.6 is 23.2 Å². The van der Waals surface area contributed by atoms with Gasteiger partial charge in [0.25, 0.3) is 0 Å². The minimum Gasteiger partial charge on any atom is -0.320 e. The van der Waals surface area contributed by atoms with Crippen LogP contribution in [0.25, 0.3) is 0 Å². The van der Waals surface area contributed by atoms with Crippen molar-refractivity contribution >= 4 is 23.2 Å². The quantitative estimate of drug-likeness (QED) is 0.918. The molecule has 0 aliphatic heterocycles. The monoisotopic (exact) mass is 283 g/mol. The van der Waals surface area contributed by atoms with E-state index in [1.54, 1.807) is 18.2 Å². The van der Waals surface area contributed by atoms with E-state index in [1.807, 2.05) is 25.6 Å². The number of aromatic nitrogens is 2. The lowest BCUT2D eigenvalue weighted by atomic mass is 9.98. The molecular formula is C13H15Cl2N3. The molecule has 3 nitrogen and oxygen atoms in total. The Morgan fingerprint density at radius 3 is 2.50 bits per heavy atom. The molecule has 0 aliphatic carbocycles. The largest absolute Gasteiger partial charge is 0.320 e. The van der Waals surface area contributed by atoms with Crippen LogP contribution in [0.4, 0.5) is 0 Å². The first-order valence-corrected chi connectivity index (χ1v) is 6.38. The molecule has 1 unspecified atom stereocenters. The van der Waals surface area contributed by atoms with Crippen LogP contribution in [-0.2, 0) is 7.05 Å². The molecule has 0 amide bonds. The second kappa shape index (κ2) is 4.92. The van der Waals surface area contributed by atoms with E-state index in [-0.39, 0.29) is 6.04 Å². The first-order valence-electron chi connectivity index (χ1n) is 5.62. The lowest BCUT2D eigenvalue weighted by Crippen LogP contribution is -2.14. The third-order valence-electron chi connectivity index (χ3n) is 3.17. The summed E-state index contributed by atoms with van der Waals surface area (Å²) in [6.45, 7) is 3.94. The summed E-state index contributed by atoms with van der Waals surface area (Å²) in [7, 11) is 1.90. The van der Waals surface area contributed by atoms with Gasteiger partial charge in [-0.05, 0) is 37.6 Å². The molecule has 96 valence electrons. The van der Waals surface area contributed by atoms with Crippen LogP contribution in [0.1, 0.15) is 28.6 Å². The number of hydrogen-bond donors (Lipinski definition) is 1. The zero-order valence-corrected chi connectivity index (χ0v) is 12.0. The topological polar surface area (TPSA) is 43.8 Å². The van der Waals surface area contributed by atoms with Crippen LogP contribution in [0.2, 0.25) is 10.0 Å². The molecule has 0 radical (unpaired) electrons. The maximum Gasteiger partial charge on any atom is 0.0647 e. The molecule has 5 heteroatoms. The van der Waals surface area contributed by atoms with Crippen LogP contribution in [-0.4, -0.2) is 9.78 Å². The highest BCUT2D eigenvalue weighted by Gasteiger charge is 2.20. The summed E-state index contributed by atoms with van der Waals surface area (Å²) in [4.78, 5) is 0. The Morgan fingerprint density at radius 1 is 1.28 bits per heavy atom. The van der Waals surface area contributed by atoms with Gasteiger partial charge in [0.1, 0.15) is 0 Å². The first-order chi connectivity index (χ1) is 8.41. The predicted octanol–water partition coefficient (Wildman–Crippen LogP) is 3.39. The van der Waals surface area contributed by atoms with E-state index in [2.05, 4.69) is 5.10 Å². The van der Waals surface area contributed by atoms with Crippen LogP contribution < -0.4 is 5.73 Å². The molecule has 1 atom stereocenters. The number of hydrogen-bond acceptors (Lipinski definition) is 2. The number of nitrogens with zero attached hydrogens (tertiary/aromatic N) is 2. The van der Waals surface area contributed by atoms with Gasteiger partial charge in [-0.3, -0.25) is 4.68 Å². The first kappa shape index (κ1) is 13.4. The van der Waals surface area contributed by atoms with Crippen molar-refractivity contribution in [2.45, 2.75) is 19.9 Å². The molecular weight excluding hydrogens is 269 g/mol. The number of nitrogens with two attached hydrogens (primary N) is 1. The molecule has 2 N–H and O–H groups in total. The summed E-state index contributed by atoms with van der Waals surface area (Å²) in [5, 5.41) is 5.62. The second-order valence-electron chi connectivity index (χ2n) is 4.35. The predicted molar refractivity (Wildman–Crippen MR) is 75.2 cm³/mol. The van der Waals surface area contributed by atoms with Crippen LogP contribution in [0.5, 0.6) is 0 Å². The number of benzene rings is 1. The smallest absolute Gasteiger partial charge is 0.0647 e. The molecule has 1 aromatic carbocycles. The Hall–Kier alpha value is -1.03. The molecule has 1 heterocycles. The third-order valence-corrected chi connectivity index (χ3v) is 3.75. The number of rotatable bonds is 2. The minimum atomic E-state index is -0.315. The average molecular weight is 284 g/mol. The van der Waals surface area contributed by atoms with Crippen molar-refractivity contribution < 1.29 is 0 Å². The maximum atomic E-state index is 6.30. The zero-order valence-electron chi connectivity index (χ0n) is 10.5. The molecule has 18 heavy (non-hydrogen) atoms. The van der Waals surface area contributed by atoms with Gasteiger partial charge in [-0.1, -0.05) is 23.2 Å². The molecule has 0 saturated heterocycles. The molecule has 0 bridgehead atoms. The van der Waals surface area contributed by atoms with Crippen molar-refractivity contribution in [1.82, 2.24) is 9.78 Å². The van der Waals surface area contributed by atoms with E-state index >= 15 is 0 Å². The van der Waals surface area contributed by atoms with Gasteiger partial charge < -0.3 is 5.73 Å². The second-order valence-corrected chi connectivity index (χ2v) is 5.20. The van der Waals surface area contributed by atoms with Crippen molar-refractivity contribution in [1.29, 1.82) is 0 Å². The van der Waals surface area contributed by atoms with Gasteiger partial charge in [0.2, 0.25) is 0 Å². The van der Waals surface area contributed by atoms with E-state index in [1.165, 1.54) is 0 Å². The summed E-state index contributed by atoms with van der Waals surface area (Å²) in [6, 6.07) is 5.01. The molecule has 0 aliphatic rings. The molecule has 0 fully saturated rings. The van der Waals surface area contributed by atoms with E-state index in [9.17, 15) is 0 Å². The van der Waals surface area contributed by atoms with Crippen molar-refractivity contribution in [3.63, 3.8) is 0 Å². The lowest BCUT2D eigenvalue weighted by molar-refractivity contribution is 0.728. The van der Waals surface area contributed by atoms with E-state index < -0.39 is 0 Å². The maximum absolute atomic E-state index is 6.30. The Kier molecular flexibility index (Phi) is 3.66. The summed E-state index contributed by atoms with van der Waals surface area (Å²) in [6.07, 6.45) is 0. The van der Waals surface area contributed by atoms with Crippen molar-refractivity contribution in [2.75, 3.05) is 0 Å². The molecule has 1 aromatic heterocycles. The fourth-order valence-electron chi connectivity index (χ4n) is 2.15. The molecule has 0 spiro atoms. The van der Waals surface area contributed by atoms with Gasteiger partial charge in [-0.25, -0.2) is 0 Å². The van der Waals surface area contributed by atoms with Gasteiger partial charge in [-0.2, -0.15) is 5.10 Å². The summed E-state index contributed by atoms with van der Waals surface area (Å²) >= 11 is 12.2. The van der Waals surface area contributed by atoms with Gasteiger partial charge in [0, 0.05) is 28.4 Å². The highest BCUT2D eigenvalue weighted by atomic mass is 35.5. The van der Waals surface area contributed by atoms with Crippen molar-refractivity contribution in [3.05, 3.63) is 50.8 Å².